The van der Waals surface area contributed by atoms with Gasteiger partial charge in [-0.2, -0.15) is 0 Å². The van der Waals surface area contributed by atoms with E-state index in [1.165, 1.54) is 6.92 Å². The maximum Gasteiger partial charge on any atom is 0.317 e. The van der Waals surface area contributed by atoms with Gasteiger partial charge in [-0.25, -0.2) is 0 Å². The van der Waals surface area contributed by atoms with E-state index in [-0.39, 0.29) is 30.6 Å². The van der Waals surface area contributed by atoms with E-state index >= 15 is 4.79 Å². The predicted octanol–water partition coefficient (Wildman–Crippen LogP) is -4.34. The van der Waals surface area contributed by atoms with Crippen molar-refractivity contribution in [2.24, 2.45) is 50.2 Å². The summed E-state index contributed by atoms with van der Waals surface area (Å²) in [6.07, 6.45) is -44.3. The van der Waals surface area contributed by atoms with E-state index in [0.29, 0.717) is 32.1 Å². The fraction of sp³-hybridized carbons (Fsp3) is 0.922. The Balaban J connectivity index is 0.966. The zero-order valence-corrected chi connectivity index (χ0v) is 54.7. The Hall–Kier alpha value is -2.85. The second-order valence-electron chi connectivity index (χ2n) is 31.1. The molecule has 31 nitrogen and oxygen atoms in total. The monoisotopic (exact) mass is 1360 g/mol. The summed E-state index contributed by atoms with van der Waals surface area (Å²) < 4.78 is 72.1. The molecule has 9 heterocycles. The Bertz CT molecular complexity index is 2790. The lowest BCUT2D eigenvalue weighted by Crippen LogP contribution is -2.71. The van der Waals surface area contributed by atoms with Crippen LogP contribution < -0.4 is 0 Å². The van der Waals surface area contributed by atoms with Gasteiger partial charge in [0, 0.05) is 5.41 Å². The van der Waals surface area contributed by atoms with Crippen LogP contribution in [0, 0.1) is 50.2 Å². The molecule has 4 saturated carbocycles. The van der Waals surface area contributed by atoms with Crippen molar-refractivity contribution in [3.05, 3.63) is 11.6 Å². The van der Waals surface area contributed by atoms with Crippen LogP contribution in [-0.4, -0.2) is 298 Å². The van der Waals surface area contributed by atoms with Crippen molar-refractivity contribution in [3.8, 4) is 0 Å². The standard InChI is InChI=1S/C64H100O31/c1-25-47-48(91-52-44(79)38(73)29(68)21-85-52)46(81)54(87-25)92-49-39(74)30(69)22-86-55(49)95-57(82)64-14-13-58(2,3)15-27(64)26-9-10-34-60(5)16-28(67)51(61(6,24-66)33(60)11-12-62(34,7)63(26,8)17-35(64)70)94-56-50(43(78)40(75)31(20-65)88-56)93-53-45(80)42(77)41(76)32(89-53)23-84-36(71)18-59(4,83)19-37(72)90-47/h9,25,27-35,38-56,65-70,73-81,83H,10-24H2,1-8H3/t25-,27-,28-,29+,30-,31+,32+,33+,34+,35+,38-,39-,40+,41+,42-,43-,44+,45+,46+,47-,48-,49+,50+,51-,52-,53-,54-,55-,56-,59-,60-,61-,62+,63+,64+/m0/s1. The minimum absolute atomic E-state index is 0.0545. The third-order valence-electron chi connectivity index (χ3n) is 24.3. The largest absolute Gasteiger partial charge is 0.463 e. The minimum Gasteiger partial charge on any atom is -0.463 e. The lowest BCUT2D eigenvalue weighted by atomic mass is 9.33. The number of esters is 3. The second kappa shape index (κ2) is 26.8. The van der Waals surface area contributed by atoms with Crippen LogP contribution in [0.5, 0.6) is 0 Å². The summed E-state index contributed by atoms with van der Waals surface area (Å²) >= 11 is 0. The topological polar surface area (TPSA) is 486 Å². The van der Waals surface area contributed by atoms with Gasteiger partial charge >= 0.3 is 17.9 Å². The molecule has 7 saturated heterocycles. The van der Waals surface area contributed by atoms with E-state index < -0.39 is 268 Å². The van der Waals surface area contributed by atoms with Crippen molar-refractivity contribution in [2.45, 2.75) is 285 Å². The summed E-state index contributed by atoms with van der Waals surface area (Å²) in [5, 5.41) is 183. The fourth-order valence-corrected chi connectivity index (χ4v) is 18.8. The molecule has 9 aliphatic heterocycles. The molecule has 35 atom stereocenters. The van der Waals surface area contributed by atoms with Crippen molar-refractivity contribution >= 4 is 17.9 Å². The molecule has 0 aromatic rings. The maximum absolute atomic E-state index is 15.7. The van der Waals surface area contributed by atoms with Crippen LogP contribution in [0.3, 0.4) is 0 Å². The van der Waals surface area contributed by atoms with Gasteiger partial charge in [0.15, 0.2) is 37.4 Å². The average molecular weight is 1370 g/mol. The fourth-order valence-electron chi connectivity index (χ4n) is 18.8. The summed E-state index contributed by atoms with van der Waals surface area (Å²) in [6.45, 7) is 11.1. The van der Waals surface area contributed by atoms with Gasteiger partial charge in [-0.1, -0.05) is 53.2 Å². The van der Waals surface area contributed by atoms with Crippen molar-refractivity contribution < 1.29 is 153 Å². The molecule has 0 radical (unpaired) electrons. The molecule has 0 unspecified atom stereocenters. The van der Waals surface area contributed by atoms with Crippen LogP contribution in [0.15, 0.2) is 11.6 Å². The molecule has 12 bridgehead atoms. The molecule has 11 fully saturated rings. The number of aliphatic hydroxyl groups is 16. The van der Waals surface area contributed by atoms with Crippen LogP contribution in [0.4, 0.5) is 0 Å². The van der Waals surface area contributed by atoms with Crippen molar-refractivity contribution in [1.29, 1.82) is 0 Å². The molecule has 5 aliphatic carbocycles. The molecule has 95 heavy (non-hydrogen) atoms. The molecule has 542 valence electrons. The lowest BCUT2D eigenvalue weighted by molar-refractivity contribution is -0.384. The zero-order chi connectivity index (χ0) is 69.4. The lowest BCUT2D eigenvalue weighted by Gasteiger charge is -2.72. The number of aliphatic hydroxyl groups excluding tert-OH is 15. The third-order valence-corrected chi connectivity index (χ3v) is 24.3. The highest BCUT2D eigenvalue weighted by Crippen LogP contribution is 2.76. The van der Waals surface area contributed by atoms with Gasteiger partial charge in [-0.15, -0.1) is 0 Å². The first kappa shape index (κ1) is 73.4. The molecule has 0 aromatic carbocycles. The van der Waals surface area contributed by atoms with Gasteiger partial charge in [-0.3, -0.25) is 14.4 Å². The highest BCUT2D eigenvalue weighted by atomic mass is 16.8. The Morgan fingerprint density at radius 2 is 1.22 bits per heavy atom. The number of ether oxygens (including phenoxy) is 12. The van der Waals surface area contributed by atoms with Gasteiger partial charge in [0.1, 0.15) is 104 Å². The Morgan fingerprint density at radius 3 is 1.91 bits per heavy atom. The molecule has 1 spiro atoms. The summed E-state index contributed by atoms with van der Waals surface area (Å²) in [5.41, 5.74) is -7.04. The van der Waals surface area contributed by atoms with Crippen LogP contribution in [0.25, 0.3) is 0 Å². The number of rotatable bonds is 4. The Kier molecular flexibility index (Phi) is 20.7. The van der Waals surface area contributed by atoms with Gasteiger partial charge in [-0.05, 0) is 105 Å². The highest BCUT2D eigenvalue weighted by molar-refractivity contribution is 5.80. The van der Waals surface area contributed by atoms with E-state index in [2.05, 4.69) is 40.7 Å². The normalized spacial score (nSPS) is 54.8. The summed E-state index contributed by atoms with van der Waals surface area (Å²) in [6, 6.07) is 0. The number of carbonyl (C=O) groups excluding carboxylic acids is 3. The van der Waals surface area contributed by atoms with E-state index in [9.17, 15) is 91.3 Å². The maximum atomic E-state index is 15.7. The zero-order valence-electron chi connectivity index (χ0n) is 54.7. The van der Waals surface area contributed by atoms with Gasteiger partial charge in [0.05, 0.1) is 69.3 Å². The van der Waals surface area contributed by atoms with Gasteiger partial charge < -0.3 is 139 Å². The average Bonchev–Trinajstić information content (AvgIpc) is 0.670. The number of carbonyl (C=O) groups is 3. The third kappa shape index (κ3) is 12.7. The van der Waals surface area contributed by atoms with E-state index in [4.69, 9.17) is 56.8 Å². The first-order valence-corrected chi connectivity index (χ1v) is 33.3. The molecule has 16 N–H and O–H groups in total. The second-order valence-corrected chi connectivity index (χ2v) is 31.1. The molecular weight excluding hydrogens is 1260 g/mol. The van der Waals surface area contributed by atoms with Crippen LogP contribution in [-0.2, 0) is 71.2 Å². The molecule has 31 heteroatoms. The molecule has 0 amide bonds. The minimum atomic E-state index is -2.32. The first-order valence-electron chi connectivity index (χ1n) is 33.3. The molecule has 14 aliphatic rings. The Labute approximate surface area is 549 Å². The quantitative estimate of drug-likeness (QED) is 0.0547. The number of hydrogen-bond acceptors (Lipinski definition) is 31. The summed E-state index contributed by atoms with van der Waals surface area (Å²) in [4.78, 5) is 43.1. The van der Waals surface area contributed by atoms with E-state index in [0.717, 1.165) is 12.5 Å². The van der Waals surface area contributed by atoms with Crippen LogP contribution in [0.1, 0.15) is 120 Å². The number of hydrogen-bond donors (Lipinski definition) is 16. The summed E-state index contributed by atoms with van der Waals surface area (Å²) in [7, 11) is 0. The van der Waals surface area contributed by atoms with Crippen LogP contribution >= 0.6 is 0 Å². The summed E-state index contributed by atoms with van der Waals surface area (Å²) in [5.74, 6) is -4.74. The van der Waals surface area contributed by atoms with Crippen molar-refractivity contribution in [3.63, 3.8) is 0 Å². The van der Waals surface area contributed by atoms with E-state index in [1.54, 1.807) is 6.92 Å². The predicted molar refractivity (Wildman–Crippen MR) is 314 cm³/mol. The molecule has 0 aromatic heterocycles. The first-order chi connectivity index (χ1) is 44.4. The van der Waals surface area contributed by atoms with Crippen LogP contribution in [0.2, 0.25) is 0 Å². The van der Waals surface area contributed by atoms with Gasteiger partial charge in [0.2, 0.25) is 6.29 Å². The number of allylic oxidation sites excluding steroid dienone is 2. The Morgan fingerprint density at radius 1 is 0.568 bits per heavy atom. The van der Waals surface area contributed by atoms with Crippen molar-refractivity contribution in [2.75, 3.05) is 33.0 Å². The van der Waals surface area contributed by atoms with Crippen molar-refractivity contribution in [1.82, 2.24) is 0 Å². The molecule has 14 rings (SSSR count). The smallest absolute Gasteiger partial charge is 0.317 e. The van der Waals surface area contributed by atoms with E-state index in [1.807, 2.05) is 0 Å². The van der Waals surface area contributed by atoms with Gasteiger partial charge in [0.25, 0.3) is 0 Å². The highest BCUT2D eigenvalue weighted by Gasteiger charge is 2.73. The molecular formula is C64H100O31. The SMILES string of the molecule is C[C@@H]1O[C@H]2O[C@H]3[C@@H](OC[C@H](O)[C@@H]3O)OC(=O)[C@]34CCC(C)(C)C[C@H]3C3=CC[C@@H]5[C@@]6(C)C[C@H](O)[C@H](O[C@@H]7O[C@H](CO)[C@@H](O)[C@H](O)[C@H]7O[C@@H]7O[C@H](COC(=O)C[C@](C)(O)CC(=O)O[C@@H]1[C@@H](O[C@@H]1OC[C@@H](O)[C@H](O)[C@H]1O)[C@H]2O)[C@@H](O)[C@H](O)[C@H]7O)[C@@](C)(CO)[C@@H]6CC[C@@]5(C)[C@]3(C)C[C@H]4O.